The summed E-state index contributed by atoms with van der Waals surface area (Å²) < 4.78 is 22.4. The van der Waals surface area contributed by atoms with E-state index in [4.69, 9.17) is 18.9 Å². The molecule has 194 valence electrons. The van der Waals surface area contributed by atoms with Gasteiger partial charge in [-0.2, -0.15) is 0 Å². The zero-order chi connectivity index (χ0) is 27.4. The van der Waals surface area contributed by atoms with Crippen molar-refractivity contribution in [2.24, 2.45) is 0 Å². The van der Waals surface area contributed by atoms with E-state index in [1.54, 1.807) is 39.0 Å². The number of hydrogen-bond acceptors (Lipinski definition) is 6. The smallest absolute Gasteiger partial charge is 0.338 e. The van der Waals surface area contributed by atoms with Crippen LogP contribution in [0.2, 0.25) is 0 Å². The number of epoxide rings is 1. The first-order chi connectivity index (χ1) is 18.2. The van der Waals surface area contributed by atoms with Crippen LogP contribution in [0, 0.1) is 0 Å². The normalized spacial score (nSPS) is 16.4. The molecular formula is C32H30O6. The Morgan fingerprint density at radius 2 is 1.39 bits per heavy atom. The maximum absolute atomic E-state index is 12.7. The molecule has 0 saturated carbocycles. The van der Waals surface area contributed by atoms with Crippen molar-refractivity contribution in [3.8, 4) is 39.5 Å². The molecule has 3 aromatic carbocycles. The fourth-order valence-electron chi connectivity index (χ4n) is 3.62. The maximum Gasteiger partial charge on any atom is 0.338 e. The van der Waals surface area contributed by atoms with Crippen LogP contribution in [0.4, 0.5) is 0 Å². The molecule has 0 aliphatic carbocycles. The minimum Gasteiger partial charge on any atom is -0.462 e. The SMILES string of the molecule is C=C(C)C(=O)Oc1ccc(-c2ccc(-c3ccc(O[C@H]4OC4C(=C)C)cc3)c(OC(=O)/C(C)=C/C)c2)cc1. The Kier molecular flexibility index (Phi) is 7.93. The van der Waals surface area contributed by atoms with Crippen molar-refractivity contribution in [1.82, 2.24) is 0 Å². The van der Waals surface area contributed by atoms with E-state index in [1.165, 1.54) is 0 Å². The van der Waals surface area contributed by atoms with E-state index < -0.39 is 11.9 Å². The van der Waals surface area contributed by atoms with Crippen LogP contribution in [0.3, 0.4) is 0 Å². The summed E-state index contributed by atoms with van der Waals surface area (Å²) >= 11 is 0. The molecule has 1 heterocycles. The van der Waals surface area contributed by atoms with Gasteiger partial charge in [0, 0.05) is 16.7 Å². The van der Waals surface area contributed by atoms with Gasteiger partial charge in [0.15, 0.2) is 0 Å². The molecule has 6 nitrogen and oxygen atoms in total. The fraction of sp³-hybridized carbons (Fsp3) is 0.188. The molecule has 3 aromatic rings. The molecule has 1 saturated heterocycles. The molecular weight excluding hydrogens is 480 g/mol. The standard InChI is InChI=1S/C32H30O6/c1-7-21(6)31(34)37-28-18-24(22-8-13-25(14-9-22)35-30(33)20(4)5)12-17-27(28)23-10-15-26(16-11-23)36-32-29(38-32)19(2)3/h7-18,29,32H,2,4H2,1,3,5-6H3/b21-7+/t29?,32-/m0/s1. The average molecular weight is 511 g/mol. The van der Waals surface area contributed by atoms with Crippen molar-refractivity contribution < 1.29 is 28.5 Å². The van der Waals surface area contributed by atoms with Crippen LogP contribution in [0.25, 0.3) is 22.3 Å². The first kappa shape index (κ1) is 26.6. The number of benzene rings is 3. The van der Waals surface area contributed by atoms with Gasteiger partial charge >= 0.3 is 11.9 Å². The lowest BCUT2D eigenvalue weighted by atomic mass is 9.99. The van der Waals surface area contributed by atoms with Crippen LogP contribution in [0.5, 0.6) is 17.2 Å². The molecule has 1 fully saturated rings. The lowest BCUT2D eigenvalue weighted by Crippen LogP contribution is -2.10. The molecule has 6 heteroatoms. The molecule has 0 bridgehead atoms. The van der Waals surface area contributed by atoms with E-state index in [1.807, 2.05) is 61.5 Å². The highest BCUT2D eigenvalue weighted by Crippen LogP contribution is 2.37. The van der Waals surface area contributed by atoms with Crippen molar-refractivity contribution in [2.45, 2.75) is 40.1 Å². The predicted octanol–water partition coefficient (Wildman–Crippen LogP) is 7.05. The van der Waals surface area contributed by atoms with Crippen molar-refractivity contribution in [3.63, 3.8) is 0 Å². The number of carbonyl (C=O) groups is 2. The number of rotatable bonds is 9. The summed E-state index contributed by atoms with van der Waals surface area (Å²) in [6.07, 6.45) is 1.32. The van der Waals surface area contributed by atoms with Crippen molar-refractivity contribution in [1.29, 1.82) is 0 Å². The van der Waals surface area contributed by atoms with Gasteiger partial charge in [-0.15, -0.1) is 0 Å². The van der Waals surface area contributed by atoms with Crippen LogP contribution in [-0.2, 0) is 14.3 Å². The van der Waals surface area contributed by atoms with Gasteiger partial charge in [-0.25, -0.2) is 9.59 Å². The Bertz CT molecular complexity index is 1410. The van der Waals surface area contributed by atoms with E-state index in [0.717, 1.165) is 27.8 Å². The van der Waals surface area contributed by atoms with E-state index in [9.17, 15) is 9.59 Å². The fourth-order valence-corrected chi connectivity index (χ4v) is 3.62. The second kappa shape index (κ2) is 11.3. The molecule has 0 aromatic heterocycles. The van der Waals surface area contributed by atoms with E-state index >= 15 is 0 Å². The Morgan fingerprint density at radius 3 is 1.97 bits per heavy atom. The van der Waals surface area contributed by atoms with Gasteiger partial charge < -0.3 is 18.9 Å². The third kappa shape index (κ3) is 6.28. The van der Waals surface area contributed by atoms with Crippen LogP contribution in [-0.4, -0.2) is 24.3 Å². The molecule has 0 N–H and O–H groups in total. The molecule has 0 radical (unpaired) electrons. The zero-order valence-electron chi connectivity index (χ0n) is 21.9. The first-order valence-electron chi connectivity index (χ1n) is 12.2. The first-order valence-corrected chi connectivity index (χ1v) is 12.2. The van der Waals surface area contributed by atoms with Gasteiger partial charge in [-0.1, -0.05) is 55.6 Å². The van der Waals surface area contributed by atoms with Gasteiger partial charge in [0.1, 0.15) is 23.4 Å². The number of hydrogen-bond donors (Lipinski definition) is 0. The predicted molar refractivity (Wildman–Crippen MR) is 147 cm³/mol. The highest BCUT2D eigenvalue weighted by molar-refractivity contribution is 5.91. The number of allylic oxidation sites excluding steroid dienone is 1. The molecule has 38 heavy (non-hydrogen) atoms. The Morgan fingerprint density at radius 1 is 0.789 bits per heavy atom. The number of carbonyl (C=O) groups excluding carboxylic acids is 2. The second-order valence-electron chi connectivity index (χ2n) is 9.18. The minimum atomic E-state index is -0.479. The van der Waals surface area contributed by atoms with Gasteiger partial charge in [0.25, 0.3) is 0 Å². The summed E-state index contributed by atoms with van der Waals surface area (Å²) in [6.45, 7) is 14.5. The summed E-state index contributed by atoms with van der Waals surface area (Å²) in [5.41, 5.74) is 5.08. The van der Waals surface area contributed by atoms with Gasteiger partial charge in [0.2, 0.25) is 6.29 Å². The van der Waals surface area contributed by atoms with Gasteiger partial charge in [-0.3, -0.25) is 0 Å². The maximum atomic E-state index is 12.7. The van der Waals surface area contributed by atoms with Gasteiger partial charge in [0.05, 0.1) is 0 Å². The molecule has 1 aliphatic rings. The average Bonchev–Trinajstić information content (AvgIpc) is 3.68. The second-order valence-corrected chi connectivity index (χ2v) is 9.18. The number of ether oxygens (including phenoxy) is 4. The summed E-state index contributed by atoms with van der Waals surface area (Å²) in [4.78, 5) is 24.5. The summed E-state index contributed by atoms with van der Waals surface area (Å²) in [5.74, 6) is 0.613. The lowest BCUT2D eigenvalue weighted by Gasteiger charge is -2.14. The van der Waals surface area contributed by atoms with E-state index in [-0.39, 0.29) is 12.4 Å². The topological polar surface area (TPSA) is 74.4 Å². The molecule has 0 spiro atoms. The molecule has 0 amide bonds. The minimum absolute atomic E-state index is 0.0738. The Labute approximate surface area is 222 Å². The number of esters is 2. The highest BCUT2D eigenvalue weighted by Gasteiger charge is 2.41. The third-order valence-corrected chi connectivity index (χ3v) is 6.04. The van der Waals surface area contributed by atoms with Crippen molar-refractivity contribution in [3.05, 3.63) is 103 Å². The summed E-state index contributed by atoms with van der Waals surface area (Å²) in [7, 11) is 0. The lowest BCUT2D eigenvalue weighted by molar-refractivity contribution is -0.130. The Balaban J connectivity index is 1.60. The van der Waals surface area contributed by atoms with Crippen LogP contribution >= 0.6 is 0 Å². The van der Waals surface area contributed by atoms with E-state index in [2.05, 4.69) is 13.2 Å². The zero-order valence-corrected chi connectivity index (χ0v) is 21.9. The molecule has 1 unspecified atom stereocenters. The highest BCUT2D eigenvalue weighted by atomic mass is 16.8. The molecule has 1 aliphatic heterocycles. The summed E-state index contributed by atoms with van der Waals surface area (Å²) in [6, 6.07) is 20.3. The van der Waals surface area contributed by atoms with E-state index in [0.29, 0.717) is 28.4 Å². The van der Waals surface area contributed by atoms with Crippen molar-refractivity contribution in [2.75, 3.05) is 0 Å². The largest absolute Gasteiger partial charge is 0.462 e. The quantitative estimate of drug-likeness (QED) is 0.101. The summed E-state index contributed by atoms with van der Waals surface area (Å²) in [5, 5.41) is 0. The van der Waals surface area contributed by atoms with Gasteiger partial charge in [-0.05, 0) is 80.3 Å². The van der Waals surface area contributed by atoms with Crippen LogP contribution in [0.15, 0.2) is 103 Å². The molecule has 4 rings (SSSR count). The van der Waals surface area contributed by atoms with Crippen LogP contribution < -0.4 is 14.2 Å². The Hall–Kier alpha value is -4.42. The van der Waals surface area contributed by atoms with Crippen molar-refractivity contribution >= 4 is 11.9 Å². The van der Waals surface area contributed by atoms with Crippen LogP contribution in [0.1, 0.15) is 27.7 Å². The molecule has 2 atom stereocenters. The monoisotopic (exact) mass is 510 g/mol. The third-order valence-electron chi connectivity index (χ3n) is 6.04.